The fourth-order valence-corrected chi connectivity index (χ4v) is 2.80. The van der Waals surface area contributed by atoms with E-state index in [0.717, 1.165) is 17.5 Å². The molecule has 5 heteroatoms. The highest BCUT2D eigenvalue weighted by molar-refractivity contribution is 6.37. The summed E-state index contributed by atoms with van der Waals surface area (Å²) < 4.78 is 4.65. The van der Waals surface area contributed by atoms with Crippen molar-refractivity contribution in [3.05, 3.63) is 28.8 Å². The summed E-state index contributed by atoms with van der Waals surface area (Å²) >= 11 is 0. The van der Waals surface area contributed by atoms with E-state index in [4.69, 9.17) is 0 Å². The Hall–Kier alpha value is -2.17. The standard InChI is InChI=1S/C16H19NO4/c1-4-10-8-12(18)14-11(7-6-9(3)13(10)14)17-15(19)16(20)21-5-2/h6-7,10H,4-5,8H2,1-3H3,(H,17,19). The van der Waals surface area contributed by atoms with Gasteiger partial charge in [-0.05, 0) is 43.4 Å². The number of nitrogens with one attached hydrogen (secondary N) is 1. The molecule has 0 aromatic heterocycles. The Morgan fingerprint density at radius 2 is 2.05 bits per heavy atom. The van der Waals surface area contributed by atoms with Gasteiger partial charge in [0.15, 0.2) is 5.78 Å². The first-order valence-electron chi connectivity index (χ1n) is 7.14. The van der Waals surface area contributed by atoms with Crippen LogP contribution in [-0.2, 0) is 14.3 Å². The topological polar surface area (TPSA) is 72.5 Å². The van der Waals surface area contributed by atoms with Crippen LogP contribution < -0.4 is 5.32 Å². The van der Waals surface area contributed by atoms with Crippen molar-refractivity contribution in [3.8, 4) is 0 Å². The molecule has 1 atom stereocenters. The minimum Gasteiger partial charge on any atom is -0.459 e. The largest absolute Gasteiger partial charge is 0.459 e. The van der Waals surface area contributed by atoms with Crippen molar-refractivity contribution in [3.63, 3.8) is 0 Å². The summed E-state index contributed by atoms with van der Waals surface area (Å²) in [6.45, 7) is 5.76. The van der Waals surface area contributed by atoms with Crippen molar-refractivity contribution in [1.82, 2.24) is 0 Å². The lowest BCUT2D eigenvalue weighted by Gasteiger charge is -2.14. The first kappa shape index (κ1) is 15.2. The minimum atomic E-state index is -0.940. The minimum absolute atomic E-state index is 0.0136. The molecular weight excluding hydrogens is 270 g/mol. The maximum Gasteiger partial charge on any atom is 0.397 e. The van der Waals surface area contributed by atoms with Gasteiger partial charge >= 0.3 is 11.9 Å². The zero-order chi connectivity index (χ0) is 15.6. The van der Waals surface area contributed by atoms with Crippen LogP contribution in [0, 0.1) is 6.92 Å². The summed E-state index contributed by atoms with van der Waals surface area (Å²) in [4.78, 5) is 35.4. The molecule has 5 nitrogen and oxygen atoms in total. The van der Waals surface area contributed by atoms with Gasteiger partial charge < -0.3 is 10.1 Å². The van der Waals surface area contributed by atoms with Crippen LogP contribution in [0.3, 0.4) is 0 Å². The molecule has 0 saturated carbocycles. The lowest BCUT2D eigenvalue weighted by molar-refractivity contribution is -0.152. The molecule has 0 saturated heterocycles. The van der Waals surface area contributed by atoms with Crippen LogP contribution in [0.2, 0.25) is 0 Å². The number of fused-ring (bicyclic) bond motifs is 1. The monoisotopic (exact) mass is 289 g/mol. The van der Waals surface area contributed by atoms with Gasteiger partial charge in [-0.15, -0.1) is 0 Å². The number of carbonyl (C=O) groups excluding carboxylic acids is 3. The first-order valence-corrected chi connectivity index (χ1v) is 7.14. The van der Waals surface area contributed by atoms with Crippen molar-refractivity contribution in [1.29, 1.82) is 0 Å². The molecule has 1 aromatic carbocycles. The molecule has 0 spiro atoms. The number of ketones is 1. The Morgan fingerprint density at radius 1 is 1.33 bits per heavy atom. The van der Waals surface area contributed by atoms with Gasteiger partial charge in [0, 0.05) is 12.0 Å². The molecule has 0 radical (unpaired) electrons. The second-order valence-corrected chi connectivity index (χ2v) is 5.13. The van der Waals surface area contributed by atoms with E-state index < -0.39 is 11.9 Å². The predicted octanol–water partition coefficient (Wildman–Crippen LogP) is 2.58. The summed E-state index contributed by atoms with van der Waals surface area (Å²) in [7, 11) is 0. The average molecular weight is 289 g/mol. The molecule has 0 bridgehead atoms. The molecule has 0 fully saturated rings. The Labute approximate surface area is 123 Å². The lowest BCUT2D eigenvalue weighted by Crippen LogP contribution is -2.25. The van der Waals surface area contributed by atoms with Gasteiger partial charge in [-0.1, -0.05) is 13.0 Å². The molecule has 21 heavy (non-hydrogen) atoms. The second kappa shape index (κ2) is 6.08. The highest BCUT2D eigenvalue weighted by Gasteiger charge is 2.32. The number of ether oxygens (including phenoxy) is 1. The number of hydrogen-bond acceptors (Lipinski definition) is 4. The number of Topliss-reactive ketones (excluding diaryl/α,β-unsaturated/α-hetero) is 1. The van der Waals surface area contributed by atoms with E-state index >= 15 is 0 Å². The second-order valence-electron chi connectivity index (χ2n) is 5.13. The van der Waals surface area contributed by atoms with Crippen LogP contribution in [0.5, 0.6) is 0 Å². The quantitative estimate of drug-likeness (QED) is 0.685. The van der Waals surface area contributed by atoms with Crippen LogP contribution in [0.25, 0.3) is 0 Å². The third-order valence-electron chi connectivity index (χ3n) is 3.78. The lowest BCUT2D eigenvalue weighted by atomic mass is 9.94. The van der Waals surface area contributed by atoms with E-state index in [1.54, 1.807) is 13.0 Å². The van der Waals surface area contributed by atoms with E-state index in [1.165, 1.54) is 0 Å². The molecule has 2 rings (SSSR count). The van der Waals surface area contributed by atoms with Crippen LogP contribution in [0.4, 0.5) is 5.69 Å². The van der Waals surface area contributed by atoms with Gasteiger partial charge in [-0.2, -0.15) is 0 Å². The Kier molecular flexibility index (Phi) is 4.40. The molecule has 1 aromatic rings. The van der Waals surface area contributed by atoms with Crippen LogP contribution in [-0.4, -0.2) is 24.3 Å². The Morgan fingerprint density at radius 3 is 2.67 bits per heavy atom. The van der Waals surface area contributed by atoms with Crippen molar-refractivity contribution in [2.45, 2.75) is 39.5 Å². The van der Waals surface area contributed by atoms with Gasteiger partial charge in [-0.3, -0.25) is 9.59 Å². The van der Waals surface area contributed by atoms with Crippen molar-refractivity contribution in [2.75, 3.05) is 11.9 Å². The molecule has 1 unspecified atom stereocenters. The van der Waals surface area contributed by atoms with E-state index in [0.29, 0.717) is 17.7 Å². The smallest absolute Gasteiger partial charge is 0.397 e. The average Bonchev–Trinajstić information content (AvgIpc) is 2.80. The predicted molar refractivity (Wildman–Crippen MR) is 78.4 cm³/mol. The molecule has 1 amide bonds. The number of amides is 1. The molecule has 112 valence electrons. The van der Waals surface area contributed by atoms with Gasteiger partial charge in [0.05, 0.1) is 12.3 Å². The molecular formula is C16H19NO4. The van der Waals surface area contributed by atoms with E-state index in [-0.39, 0.29) is 18.3 Å². The summed E-state index contributed by atoms with van der Waals surface area (Å²) in [6, 6.07) is 3.53. The first-order chi connectivity index (χ1) is 9.99. The maximum atomic E-state index is 12.2. The number of esters is 1. The van der Waals surface area contributed by atoms with Gasteiger partial charge in [0.1, 0.15) is 0 Å². The third kappa shape index (κ3) is 2.82. The van der Waals surface area contributed by atoms with E-state index in [1.807, 2.05) is 19.9 Å². The summed E-state index contributed by atoms with van der Waals surface area (Å²) in [5, 5.41) is 2.49. The van der Waals surface area contributed by atoms with Crippen molar-refractivity contribution >= 4 is 23.3 Å². The van der Waals surface area contributed by atoms with Gasteiger partial charge in [0.25, 0.3) is 0 Å². The van der Waals surface area contributed by atoms with Crippen LogP contribution >= 0.6 is 0 Å². The number of rotatable bonds is 3. The van der Waals surface area contributed by atoms with Crippen LogP contribution in [0.1, 0.15) is 54.1 Å². The van der Waals surface area contributed by atoms with Gasteiger partial charge in [0.2, 0.25) is 0 Å². The molecule has 1 aliphatic rings. The van der Waals surface area contributed by atoms with Crippen molar-refractivity contribution < 1.29 is 19.1 Å². The number of carbonyl (C=O) groups is 3. The normalized spacial score (nSPS) is 16.5. The summed E-state index contributed by atoms with van der Waals surface area (Å²) in [5.41, 5.74) is 2.97. The maximum absolute atomic E-state index is 12.2. The SMILES string of the molecule is CCOC(=O)C(=O)Nc1ccc(C)c2c1C(=O)CC2CC. The third-order valence-corrected chi connectivity index (χ3v) is 3.78. The summed E-state index contributed by atoms with van der Waals surface area (Å²) in [5.74, 6) is -1.59. The highest BCUT2D eigenvalue weighted by atomic mass is 16.5. The molecule has 1 aliphatic carbocycles. The van der Waals surface area contributed by atoms with E-state index in [9.17, 15) is 14.4 Å². The molecule has 0 aliphatic heterocycles. The molecule has 1 N–H and O–H groups in total. The van der Waals surface area contributed by atoms with Crippen molar-refractivity contribution in [2.24, 2.45) is 0 Å². The van der Waals surface area contributed by atoms with Crippen LogP contribution in [0.15, 0.2) is 12.1 Å². The molecule has 0 heterocycles. The fourth-order valence-electron chi connectivity index (χ4n) is 2.80. The Balaban J connectivity index is 2.35. The Bertz CT molecular complexity index is 607. The van der Waals surface area contributed by atoms with E-state index in [2.05, 4.69) is 10.1 Å². The number of anilines is 1. The number of benzene rings is 1. The summed E-state index contributed by atoms with van der Waals surface area (Å²) in [6.07, 6.45) is 1.33. The number of hydrogen-bond donors (Lipinski definition) is 1. The zero-order valence-corrected chi connectivity index (χ0v) is 12.5. The number of aryl methyl sites for hydroxylation is 1. The van der Waals surface area contributed by atoms with Gasteiger partial charge in [-0.25, -0.2) is 4.79 Å². The fraction of sp³-hybridized carbons (Fsp3) is 0.438. The highest BCUT2D eigenvalue weighted by Crippen LogP contribution is 2.41. The zero-order valence-electron chi connectivity index (χ0n) is 12.5.